The fourth-order valence-electron chi connectivity index (χ4n) is 4.00. The van der Waals surface area contributed by atoms with Crippen molar-refractivity contribution in [2.75, 3.05) is 0 Å². The van der Waals surface area contributed by atoms with E-state index in [2.05, 4.69) is 0 Å². The predicted octanol–water partition coefficient (Wildman–Crippen LogP) is 4.97. The molecule has 2 N–H and O–H groups in total. The predicted molar refractivity (Wildman–Crippen MR) is 115 cm³/mol. The van der Waals surface area contributed by atoms with Gasteiger partial charge < -0.3 is 19.4 Å². The first kappa shape index (κ1) is 19.2. The molecular formula is C24H15ClO6. The number of aromatic hydroxyl groups is 2. The topological polar surface area (TPSA) is 97.0 Å². The van der Waals surface area contributed by atoms with Gasteiger partial charge in [-0.15, -0.1) is 0 Å². The number of benzene rings is 3. The Morgan fingerprint density at radius 1 is 1.00 bits per heavy atom. The van der Waals surface area contributed by atoms with E-state index >= 15 is 0 Å². The maximum Gasteiger partial charge on any atom is 0.312 e. The number of phenols is 2. The van der Waals surface area contributed by atoms with E-state index in [9.17, 15) is 19.8 Å². The SMILES string of the molecule is O=C1CC(c2ccccc2Cl)c2c(cc(O)c3c(=O)c(-c4ccc(O)cc4)coc23)O1. The molecule has 1 aromatic heterocycles. The van der Waals surface area contributed by atoms with Crippen LogP contribution in [0.3, 0.4) is 0 Å². The number of carbonyl (C=O) groups excluding carboxylic acids is 1. The first-order chi connectivity index (χ1) is 14.9. The fourth-order valence-corrected chi connectivity index (χ4v) is 4.26. The van der Waals surface area contributed by atoms with E-state index in [1.165, 1.54) is 24.5 Å². The van der Waals surface area contributed by atoms with Crippen LogP contribution in [0.2, 0.25) is 5.02 Å². The molecule has 1 atom stereocenters. The van der Waals surface area contributed by atoms with Crippen LogP contribution in [0.25, 0.3) is 22.1 Å². The number of ether oxygens (including phenoxy) is 1. The van der Waals surface area contributed by atoms with Crippen LogP contribution < -0.4 is 10.2 Å². The lowest BCUT2D eigenvalue weighted by Gasteiger charge is -2.26. The Kier molecular flexibility index (Phi) is 4.45. The van der Waals surface area contributed by atoms with Crippen LogP contribution in [0.1, 0.15) is 23.5 Å². The lowest BCUT2D eigenvalue weighted by Crippen LogP contribution is -2.22. The Labute approximate surface area is 180 Å². The van der Waals surface area contributed by atoms with Gasteiger partial charge in [0, 0.05) is 22.6 Å². The molecule has 1 unspecified atom stereocenters. The van der Waals surface area contributed by atoms with E-state index in [1.807, 2.05) is 6.07 Å². The number of esters is 1. The van der Waals surface area contributed by atoms with Gasteiger partial charge in [-0.1, -0.05) is 41.9 Å². The second-order valence-electron chi connectivity index (χ2n) is 7.29. The lowest BCUT2D eigenvalue weighted by atomic mass is 9.85. The molecule has 0 amide bonds. The molecule has 7 heteroatoms. The first-order valence-corrected chi connectivity index (χ1v) is 9.87. The summed E-state index contributed by atoms with van der Waals surface area (Å²) in [5, 5.41) is 20.6. The molecule has 1 aliphatic rings. The van der Waals surface area contributed by atoms with Crippen molar-refractivity contribution in [3.8, 4) is 28.4 Å². The maximum absolute atomic E-state index is 13.3. The van der Waals surface area contributed by atoms with E-state index in [-0.39, 0.29) is 40.2 Å². The number of hydrogen-bond acceptors (Lipinski definition) is 6. The van der Waals surface area contributed by atoms with E-state index in [4.69, 9.17) is 20.8 Å². The number of phenolic OH excluding ortho intramolecular Hbond substituents is 2. The molecule has 0 saturated heterocycles. The Bertz CT molecular complexity index is 1400. The third kappa shape index (κ3) is 3.12. The third-order valence-corrected chi connectivity index (χ3v) is 5.77. The molecule has 0 radical (unpaired) electrons. The summed E-state index contributed by atoms with van der Waals surface area (Å²) in [5.74, 6) is -1.13. The van der Waals surface area contributed by atoms with Crippen molar-refractivity contribution >= 4 is 28.5 Å². The smallest absolute Gasteiger partial charge is 0.312 e. The summed E-state index contributed by atoms with van der Waals surface area (Å²) in [4.78, 5) is 25.5. The van der Waals surface area contributed by atoms with Crippen molar-refractivity contribution < 1.29 is 24.2 Å². The highest BCUT2D eigenvalue weighted by Crippen LogP contribution is 2.46. The number of rotatable bonds is 2. The monoisotopic (exact) mass is 434 g/mol. The lowest BCUT2D eigenvalue weighted by molar-refractivity contribution is -0.135. The summed E-state index contributed by atoms with van der Waals surface area (Å²) < 4.78 is 11.2. The van der Waals surface area contributed by atoms with Gasteiger partial charge in [0.1, 0.15) is 34.5 Å². The molecule has 0 bridgehead atoms. The summed E-state index contributed by atoms with van der Waals surface area (Å²) in [6.07, 6.45) is 1.32. The van der Waals surface area contributed by atoms with Gasteiger partial charge >= 0.3 is 5.97 Å². The zero-order chi connectivity index (χ0) is 21.7. The molecule has 154 valence electrons. The van der Waals surface area contributed by atoms with Gasteiger partial charge in [0.05, 0.1) is 12.0 Å². The Morgan fingerprint density at radius 3 is 2.48 bits per heavy atom. The molecule has 2 heterocycles. The third-order valence-electron chi connectivity index (χ3n) is 5.43. The maximum atomic E-state index is 13.3. The molecule has 0 fully saturated rings. The Hall–Kier alpha value is -3.77. The largest absolute Gasteiger partial charge is 0.508 e. The van der Waals surface area contributed by atoms with Crippen LogP contribution in [0.15, 0.2) is 70.1 Å². The Balaban J connectivity index is 1.80. The van der Waals surface area contributed by atoms with Crippen LogP contribution in [-0.2, 0) is 4.79 Å². The van der Waals surface area contributed by atoms with Crippen LogP contribution in [0.4, 0.5) is 0 Å². The molecule has 5 rings (SSSR count). The molecule has 6 nitrogen and oxygen atoms in total. The van der Waals surface area contributed by atoms with Crippen molar-refractivity contribution in [3.63, 3.8) is 0 Å². The molecule has 1 aliphatic heterocycles. The van der Waals surface area contributed by atoms with Crippen molar-refractivity contribution in [2.45, 2.75) is 12.3 Å². The van der Waals surface area contributed by atoms with Gasteiger partial charge in [-0.25, -0.2) is 0 Å². The zero-order valence-electron chi connectivity index (χ0n) is 16.0. The van der Waals surface area contributed by atoms with Gasteiger partial charge in [0.15, 0.2) is 0 Å². The second kappa shape index (κ2) is 7.18. The molecule has 4 aromatic rings. The minimum atomic E-state index is -0.504. The number of halogens is 1. The average molecular weight is 435 g/mol. The summed E-state index contributed by atoms with van der Waals surface area (Å²) in [6.45, 7) is 0. The van der Waals surface area contributed by atoms with Crippen LogP contribution in [0, 0.1) is 0 Å². The fraction of sp³-hybridized carbons (Fsp3) is 0.0833. The minimum Gasteiger partial charge on any atom is -0.508 e. The normalized spacial score (nSPS) is 15.5. The molecule has 0 aliphatic carbocycles. The minimum absolute atomic E-state index is 0.0139. The van der Waals surface area contributed by atoms with E-state index in [0.717, 1.165) is 0 Å². The van der Waals surface area contributed by atoms with Crippen molar-refractivity contribution in [3.05, 3.63) is 87.2 Å². The molecule has 0 spiro atoms. The molecule has 3 aromatic carbocycles. The highest BCUT2D eigenvalue weighted by atomic mass is 35.5. The van der Waals surface area contributed by atoms with E-state index in [1.54, 1.807) is 30.3 Å². The second-order valence-corrected chi connectivity index (χ2v) is 7.70. The van der Waals surface area contributed by atoms with Gasteiger partial charge in [0.2, 0.25) is 5.43 Å². The highest BCUT2D eigenvalue weighted by molar-refractivity contribution is 6.31. The van der Waals surface area contributed by atoms with Gasteiger partial charge in [-0.3, -0.25) is 9.59 Å². The highest BCUT2D eigenvalue weighted by Gasteiger charge is 2.34. The summed E-state index contributed by atoms with van der Waals surface area (Å²) in [5.41, 5.74) is 1.63. The molecule has 0 saturated carbocycles. The Morgan fingerprint density at radius 2 is 1.74 bits per heavy atom. The summed E-state index contributed by atoms with van der Waals surface area (Å²) in [6, 6.07) is 14.5. The van der Waals surface area contributed by atoms with E-state index < -0.39 is 17.3 Å². The van der Waals surface area contributed by atoms with Crippen molar-refractivity contribution in [2.24, 2.45) is 0 Å². The quantitative estimate of drug-likeness (QED) is 0.341. The summed E-state index contributed by atoms with van der Waals surface area (Å²) >= 11 is 6.39. The molecule has 31 heavy (non-hydrogen) atoms. The number of carbonyl (C=O) groups is 1. The average Bonchev–Trinajstić information content (AvgIpc) is 2.74. The molecular weight excluding hydrogens is 420 g/mol. The van der Waals surface area contributed by atoms with Gasteiger partial charge in [-0.05, 0) is 29.3 Å². The van der Waals surface area contributed by atoms with Gasteiger partial charge in [0.25, 0.3) is 0 Å². The summed E-state index contributed by atoms with van der Waals surface area (Å²) in [7, 11) is 0. The van der Waals surface area contributed by atoms with Gasteiger partial charge in [-0.2, -0.15) is 0 Å². The van der Waals surface area contributed by atoms with Crippen LogP contribution >= 0.6 is 11.6 Å². The zero-order valence-corrected chi connectivity index (χ0v) is 16.7. The number of fused-ring (bicyclic) bond motifs is 3. The van der Waals surface area contributed by atoms with Crippen LogP contribution in [0.5, 0.6) is 17.2 Å². The first-order valence-electron chi connectivity index (χ1n) is 9.50. The number of hydrogen-bond donors (Lipinski definition) is 2. The van der Waals surface area contributed by atoms with Crippen molar-refractivity contribution in [1.29, 1.82) is 0 Å². The standard InChI is InChI=1S/C24H15ClO6/c25-17-4-2-1-3-14(17)15-9-20(28)31-19-10-18(27)22-23(29)16(11-30-24(22)21(15)19)12-5-7-13(26)8-6-12/h1-8,10-11,15,26-27H,9H2. The van der Waals surface area contributed by atoms with Crippen molar-refractivity contribution in [1.82, 2.24) is 0 Å². The van der Waals surface area contributed by atoms with E-state index in [0.29, 0.717) is 21.7 Å². The van der Waals surface area contributed by atoms with Crippen LogP contribution in [-0.4, -0.2) is 16.2 Å².